The van der Waals surface area contributed by atoms with Gasteiger partial charge in [-0.05, 0) is 38.3 Å². The number of nitrogens with two attached hydrogens (primary N) is 1. The number of carbonyl (C=O) groups is 1. The molecule has 0 radical (unpaired) electrons. The van der Waals surface area contributed by atoms with E-state index in [0.717, 1.165) is 17.7 Å². The predicted octanol–water partition coefficient (Wildman–Crippen LogP) is 1.84. The van der Waals surface area contributed by atoms with E-state index in [1.807, 2.05) is 6.92 Å². The minimum Gasteiger partial charge on any atom is -0.356 e. The first kappa shape index (κ1) is 17.2. The Bertz CT molecular complexity index is 361. The van der Waals surface area contributed by atoms with Crippen LogP contribution in [0.4, 0.5) is 0 Å². The summed E-state index contributed by atoms with van der Waals surface area (Å²) in [7, 11) is 0. The zero-order chi connectivity index (χ0) is 12.8. The molecule has 1 heterocycles. The third-order valence-electron chi connectivity index (χ3n) is 2.46. The molecule has 7 heteroatoms. The van der Waals surface area contributed by atoms with Crippen LogP contribution in [0.25, 0.3) is 0 Å². The Morgan fingerprint density at radius 1 is 1.61 bits per heavy atom. The molecule has 5 nitrogen and oxygen atoms in total. The van der Waals surface area contributed by atoms with Crippen LogP contribution in [-0.4, -0.2) is 23.7 Å². The van der Waals surface area contributed by atoms with Crippen LogP contribution in [0.5, 0.6) is 0 Å². The predicted molar refractivity (Wildman–Crippen MR) is 73.1 cm³/mol. The monoisotopic (exact) mass is 295 g/mol. The van der Waals surface area contributed by atoms with Gasteiger partial charge in [0.25, 0.3) is 0 Å². The lowest BCUT2D eigenvalue weighted by Gasteiger charge is -2.06. The fraction of sp³-hybridized carbons (Fsp3) is 0.636. The topological polar surface area (TPSA) is 81.2 Å². The van der Waals surface area contributed by atoms with Crippen molar-refractivity contribution in [3.63, 3.8) is 0 Å². The van der Waals surface area contributed by atoms with Crippen molar-refractivity contribution in [2.75, 3.05) is 6.54 Å². The molecule has 0 saturated heterocycles. The summed E-state index contributed by atoms with van der Waals surface area (Å²) in [6.45, 7) is 4.32. The van der Waals surface area contributed by atoms with E-state index < -0.39 is 0 Å². The number of aryl methyl sites for hydroxylation is 1. The summed E-state index contributed by atoms with van der Waals surface area (Å²) >= 11 is 5.80. The van der Waals surface area contributed by atoms with Gasteiger partial charge in [0.15, 0.2) is 0 Å². The van der Waals surface area contributed by atoms with E-state index in [1.54, 1.807) is 6.92 Å². The molecule has 1 aromatic heterocycles. The fourth-order valence-electron chi connectivity index (χ4n) is 1.41. The Kier molecular flexibility index (Phi) is 7.98. The van der Waals surface area contributed by atoms with Crippen LogP contribution in [0, 0.1) is 6.92 Å². The maximum atomic E-state index is 11.5. The van der Waals surface area contributed by atoms with Crippen molar-refractivity contribution in [1.82, 2.24) is 10.5 Å². The highest BCUT2D eigenvalue weighted by molar-refractivity contribution is 6.29. The van der Waals surface area contributed by atoms with Gasteiger partial charge in [-0.25, -0.2) is 0 Å². The van der Waals surface area contributed by atoms with Gasteiger partial charge in [-0.2, -0.15) is 0 Å². The fourth-order valence-corrected chi connectivity index (χ4v) is 1.67. The second kappa shape index (κ2) is 8.34. The smallest absolute Gasteiger partial charge is 0.229 e. The first-order valence-electron chi connectivity index (χ1n) is 5.63. The van der Waals surface area contributed by atoms with Gasteiger partial charge in [-0.15, -0.1) is 12.4 Å². The average molecular weight is 296 g/mol. The van der Waals surface area contributed by atoms with Gasteiger partial charge >= 0.3 is 0 Å². The van der Waals surface area contributed by atoms with Crippen LogP contribution in [-0.2, 0) is 11.2 Å². The molecule has 1 aromatic rings. The number of amides is 1. The van der Waals surface area contributed by atoms with Crippen LogP contribution in [0.3, 0.4) is 0 Å². The van der Waals surface area contributed by atoms with Crippen molar-refractivity contribution >= 4 is 29.9 Å². The van der Waals surface area contributed by atoms with E-state index in [9.17, 15) is 4.79 Å². The molecule has 0 spiro atoms. The summed E-state index contributed by atoms with van der Waals surface area (Å²) in [5, 5.41) is 6.80. The molecule has 0 saturated carbocycles. The van der Waals surface area contributed by atoms with Crippen LogP contribution in [0.15, 0.2) is 4.52 Å². The lowest BCUT2D eigenvalue weighted by molar-refractivity contribution is -0.121. The summed E-state index contributed by atoms with van der Waals surface area (Å²) in [6.07, 6.45) is 1.69. The molecule has 0 fully saturated rings. The molecular formula is C11H19Cl2N3O2. The van der Waals surface area contributed by atoms with Gasteiger partial charge in [0.05, 0.1) is 5.69 Å². The van der Waals surface area contributed by atoms with E-state index in [-0.39, 0.29) is 29.6 Å². The Morgan fingerprint density at radius 2 is 2.28 bits per heavy atom. The number of hydrogen-bond acceptors (Lipinski definition) is 4. The van der Waals surface area contributed by atoms with Crippen molar-refractivity contribution in [2.45, 2.75) is 39.2 Å². The largest absolute Gasteiger partial charge is 0.356 e. The molecule has 0 aliphatic carbocycles. The lowest BCUT2D eigenvalue weighted by atomic mass is 10.1. The van der Waals surface area contributed by atoms with Crippen LogP contribution in [0.1, 0.15) is 31.0 Å². The van der Waals surface area contributed by atoms with E-state index in [2.05, 4.69) is 10.5 Å². The number of hydrogen-bond donors (Lipinski definition) is 2. The average Bonchev–Trinajstić information content (AvgIpc) is 2.55. The summed E-state index contributed by atoms with van der Waals surface area (Å²) in [5.74, 6) is -0.0117. The normalized spacial score (nSPS) is 11.8. The van der Waals surface area contributed by atoms with Gasteiger partial charge in [0, 0.05) is 24.6 Å². The van der Waals surface area contributed by atoms with Gasteiger partial charge in [-0.3, -0.25) is 4.79 Å². The highest BCUT2D eigenvalue weighted by Gasteiger charge is 2.12. The van der Waals surface area contributed by atoms with E-state index in [1.165, 1.54) is 0 Å². The first-order chi connectivity index (χ1) is 8.00. The van der Waals surface area contributed by atoms with Crippen molar-refractivity contribution in [1.29, 1.82) is 0 Å². The number of carbonyl (C=O) groups excluding carboxylic acids is 1. The minimum atomic E-state index is -0.0117. The van der Waals surface area contributed by atoms with E-state index in [0.29, 0.717) is 19.4 Å². The molecule has 104 valence electrons. The third kappa shape index (κ3) is 5.71. The summed E-state index contributed by atoms with van der Waals surface area (Å²) in [6, 6.07) is 0.102. The molecule has 18 heavy (non-hydrogen) atoms. The number of aromatic nitrogens is 1. The van der Waals surface area contributed by atoms with Gasteiger partial charge in [0.2, 0.25) is 11.1 Å². The first-order valence-corrected chi connectivity index (χ1v) is 6.01. The number of rotatable bonds is 6. The Hall–Kier alpha value is -0.780. The number of nitrogens with zero attached hydrogens (tertiary/aromatic N) is 1. The second-order valence-electron chi connectivity index (χ2n) is 4.14. The zero-order valence-electron chi connectivity index (χ0n) is 10.5. The molecule has 1 amide bonds. The molecule has 0 aromatic carbocycles. The lowest BCUT2D eigenvalue weighted by Crippen LogP contribution is -2.29. The maximum Gasteiger partial charge on any atom is 0.229 e. The van der Waals surface area contributed by atoms with Gasteiger partial charge < -0.3 is 15.6 Å². The number of halogens is 2. The van der Waals surface area contributed by atoms with Crippen molar-refractivity contribution in [2.24, 2.45) is 5.73 Å². The molecule has 1 rings (SSSR count). The zero-order valence-corrected chi connectivity index (χ0v) is 12.1. The van der Waals surface area contributed by atoms with Gasteiger partial charge in [-0.1, -0.05) is 5.16 Å². The summed E-state index contributed by atoms with van der Waals surface area (Å²) < 4.78 is 4.81. The Labute approximate surface area is 118 Å². The van der Waals surface area contributed by atoms with Crippen molar-refractivity contribution in [3.05, 3.63) is 16.5 Å². The molecular weight excluding hydrogens is 277 g/mol. The molecule has 0 bridgehead atoms. The van der Waals surface area contributed by atoms with Crippen LogP contribution in [0.2, 0.25) is 5.22 Å². The van der Waals surface area contributed by atoms with Crippen molar-refractivity contribution < 1.29 is 9.32 Å². The van der Waals surface area contributed by atoms with Crippen LogP contribution >= 0.6 is 24.0 Å². The third-order valence-corrected chi connectivity index (χ3v) is 2.76. The summed E-state index contributed by atoms with van der Waals surface area (Å²) in [4.78, 5) is 11.5. The SMILES string of the molecule is Cc1noc(Cl)c1CCC(=O)NCCC(C)N.Cl. The van der Waals surface area contributed by atoms with E-state index >= 15 is 0 Å². The highest BCUT2D eigenvalue weighted by atomic mass is 35.5. The minimum absolute atomic E-state index is 0. The molecule has 1 unspecified atom stereocenters. The van der Waals surface area contributed by atoms with Gasteiger partial charge in [0.1, 0.15) is 0 Å². The maximum absolute atomic E-state index is 11.5. The molecule has 0 aliphatic heterocycles. The Morgan fingerprint density at radius 3 is 2.78 bits per heavy atom. The molecule has 1 atom stereocenters. The standard InChI is InChI=1S/C11H18ClN3O2.ClH/c1-7(13)5-6-14-10(16)4-3-9-8(2)15-17-11(9)12;/h7H,3-6,13H2,1-2H3,(H,14,16);1H. The summed E-state index contributed by atoms with van der Waals surface area (Å²) in [5.41, 5.74) is 7.11. The second-order valence-corrected chi connectivity index (χ2v) is 4.48. The Balaban J connectivity index is 0.00000289. The molecule has 0 aliphatic rings. The quantitative estimate of drug-likeness (QED) is 0.839. The van der Waals surface area contributed by atoms with Crippen molar-refractivity contribution in [3.8, 4) is 0 Å². The molecule has 3 N–H and O–H groups in total. The van der Waals surface area contributed by atoms with E-state index in [4.69, 9.17) is 21.9 Å². The van der Waals surface area contributed by atoms with Crippen LogP contribution < -0.4 is 11.1 Å². The highest BCUT2D eigenvalue weighted by Crippen LogP contribution is 2.20. The number of nitrogens with one attached hydrogen (secondary N) is 1.